The van der Waals surface area contributed by atoms with Gasteiger partial charge in [-0.05, 0) is 31.3 Å². The van der Waals surface area contributed by atoms with Crippen molar-refractivity contribution in [2.45, 2.75) is 6.92 Å². The van der Waals surface area contributed by atoms with E-state index in [1.807, 2.05) is 24.3 Å². The lowest BCUT2D eigenvalue weighted by Gasteiger charge is -2.11. The van der Waals surface area contributed by atoms with Crippen LogP contribution in [0.3, 0.4) is 0 Å². The summed E-state index contributed by atoms with van der Waals surface area (Å²) in [7, 11) is 1.57. The lowest BCUT2D eigenvalue weighted by Crippen LogP contribution is -2.25. The van der Waals surface area contributed by atoms with E-state index in [0.29, 0.717) is 22.7 Å². The molecule has 2 aromatic carbocycles. The molecule has 0 saturated heterocycles. The molecule has 8 heteroatoms. The number of nitrogens with zero attached hydrogens (tertiary/aromatic N) is 2. The molecule has 0 bridgehead atoms. The van der Waals surface area contributed by atoms with Crippen LogP contribution in [-0.4, -0.2) is 22.9 Å². The lowest BCUT2D eigenvalue weighted by molar-refractivity contribution is -0.384. The van der Waals surface area contributed by atoms with Gasteiger partial charge in [0.2, 0.25) is 0 Å². The van der Waals surface area contributed by atoms with Gasteiger partial charge in [0.25, 0.3) is 5.69 Å². The Bertz CT molecular complexity index is 792. The van der Waals surface area contributed by atoms with E-state index < -0.39 is 4.92 Å². The number of nitro groups is 1. The van der Waals surface area contributed by atoms with E-state index in [4.69, 9.17) is 17.0 Å². The monoisotopic (exact) mass is 344 g/mol. The molecule has 0 saturated carbocycles. The third kappa shape index (κ3) is 4.50. The zero-order valence-corrected chi connectivity index (χ0v) is 14.0. The topological polar surface area (TPSA) is 88.8 Å². The maximum Gasteiger partial charge on any atom is 0.270 e. The van der Waals surface area contributed by atoms with Crippen LogP contribution in [-0.2, 0) is 0 Å². The summed E-state index contributed by atoms with van der Waals surface area (Å²) in [6, 6.07) is 13.6. The first kappa shape index (κ1) is 17.4. The normalized spacial score (nSPS) is 10.8. The average Bonchev–Trinajstić information content (AvgIpc) is 2.60. The summed E-state index contributed by atoms with van der Waals surface area (Å²) in [6.45, 7) is 1.73. The number of hydrogen-bond donors (Lipinski definition) is 2. The molecule has 24 heavy (non-hydrogen) atoms. The first-order chi connectivity index (χ1) is 11.5. The second-order valence-corrected chi connectivity index (χ2v) is 5.18. The van der Waals surface area contributed by atoms with Crippen molar-refractivity contribution in [3.8, 4) is 5.75 Å². The Kier molecular flexibility index (Phi) is 5.80. The summed E-state index contributed by atoms with van der Waals surface area (Å²) >= 11 is 5.19. The van der Waals surface area contributed by atoms with Crippen LogP contribution in [0.5, 0.6) is 5.75 Å². The Morgan fingerprint density at radius 1 is 1.25 bits per heavy atom. The van der Waals surface area contributed by atoms with Gasteiger partial charge < -0.3 is 10.1 Å². The molecule has 0 aliphatic carbocycles. The molecule has 2 N–H and O–H groups in total. The molecule has 0 spiro atoms. The largest absolute Gasteiger partial charge is 0.495 e. The van der Waals surface area contributed by atoms with Crippen LogP contribution in [0.15, 0.2) is 53.6 Å². The van der Waals surface area contributed by atoms with Gasteiger partial charge in [-0.25, -0.2) is 0 Å². The summed E-state index contributed by atoms with van der Waals surface area (Å²) in [5.41, 5.74) is 4.64. The van der Waals surface area contributed by atoms with Crippen molar-refractivity contribution in [3.05, 3.63) is 64.2 Å². The van der Waals surface area contributed by atoms with E-state index in [1.165, 1.54) is 12.1 Å². The van der Waals surface area contributed by atoms with Gasteiger partial charge in [-0.2, -0.15) is 5.10 Å². The number of nitrogens with one attached hydrogen (secondary N) is 2. The van der Waals surface area contributed by atoms with Crippen molar-refractivity contribution >= 4 is 34.4 Å². The first-order valence-corrected chi connectivity index (χ1v) is 7.41. The Balaban J connectivity index is 2.05. The standard InChI is InChI=1S/C16H16N4O3S/c1-11(12-6-5-7-13(10-12)20(21)22)18-19-16(24)17-14-8-3-4-9-15(14)23-2/h3-10H,1-2H3,(H2,17,19,24). The van der Waals surface area contributed by atoms with E-state index in [9.17, 15) is 10.1 Å². The molecule has 0 fully saturated rings. The van der Waals surface area contributed by atoms with E-state index in [-0.39, 0.29) is 10.8 Å². The number of para-hydroxylation sites is 2. The SMILES string of the molecule is COc1ccccc1NC(=S)NN=C(C)c1cccc([N+](=O)[O-])c1. The van der Waals surface area contributed by atoms with Crippen LogP contribution in [0.1, 0.15) is 12.5 Å². The second kappa shape index (κ2) is 8.02. The van der Waals surface area contributed by atoms with E-state index in [1.54, 1.807) is 26.2 Å². The number of rotatable bonds is 5. The first-order valence-electron chi connectivity index (χ1n) is 7.00. The van der Waals surface area contributed by atoms with Crippen LogP contribution in [0.25, 0.3) is 0 Å². The van der Waals surface area contributed by atoms with E-state index in [2.05, 4.69) is 15.8 Å². The van der Waals surface area contributed by atoms with E-state index in [0.717, 1.165) is 0 Å². The van der Waals surface area contributed by atoms with Crippen molar-refractivity contribution < 1.29 is 9.66 Å². The number of ether oxygens (including phenoxy) is 1. The van der Waals surface area contributed by atoms with Gasteiger partial charge in [0.1, 0.15) is 5.75 Å². The molecular formula is C16H16N4O3S. The lowest BCUT2D eigenvalue weighted by atomic mass is 10.1. The van der Waals surface area contributed by atoms with Crippen molar-refractivity contribution in [2.24, 2.45) is 5.10 Å². The summed E-state index contributed by atoms with van der Waals surface area (Å²) in [6.07, 6.45) is 0. The number of benzene rings is 2. The van der Waals surface area contributed by atoms with Gasteiger partial charge in [-0.3, -0.25) is 15.5 Å². The zero-order chi connectivity index (χ0) is 17.5. The second-order valence-electron chi connectivity index (χ2n) is 4.77. The van der Waals surface area contributed by atoms with Gasteiger partial charge in [-0.1, -0.05) is 24.3 Å². The summed E-state index contributed by atoms with van der Waals surface area (Å²) in [5.74, 6) is 0.654. The molecule has 0 radical (unpaired) electrons. The molecule has 124 valence electrons. The maximum atomic E-state index is 10.8. The number of hydrazone groups is 1. The number of anilines is 1. The number of nitro benzene ring substituents is 1. The molecule has 0 aromatic heterocycles. The molecule has 2 aromatic rings. The predicted molar refractivity (Wildman–Crippen MR) is 97.7 cm³/mol. The Hall–Kier alpha value is -3.00. The molecule has 0 aliphatic heterocycles. The minimum absolute atomic E-state index is 0.0109. The number of hydrogen-bond acceptors (Lipinski definition) is 5. The highest BCUT2D eigenvalue weighted by atomic mass is 32.1. The van der Waals surface area contributed by atoms with Crippen molar-refractivity contribution in [2.75, 3.05) is 12.4 Å². The minimum atomic E-state index is -0.446. The number of non-ortho nitro benzene ring substituents is 1. The maximum absolute atomic E-state index is 10.8. The van der Waals surface area contributed by atoms with Crippen LogP contribution in [0.4, 0.5) is 11.4 Å². The summed E-state index contributed by atoms with van der Waals surface area (Å²) in [5, 5.41) is 18.2. The summed E-state index contributed by atoms with van der Waals surface area (Å²) in [4.78, 5) is 10.4. The third-order valence-corrected chi connectivity index (χ3v) is 3.35. The van der Waals surface area contributed by atoms with Crippen molar-refractivity contribution in [3.63, 3.8) is 0 Å². The highest BCUT2D eigenvalue weighted by Crippen LogP contribution is 2.22. The quantitative estimate of drug-likeness (QED) is 0.374. The fourth-order valence-electron chi connectivity index (χ4n) is 1.94. The highest BCUT2D eigenvalue weighted by Gasteiger charge is 2.08. The van der Waals surface area contributed by atoms with Gasteiger partial charge in [-0.15, -0.1) is 0 Å². The van der Waals surface area contributed by atoms with E-state index >= 15 is 0 Å². The number of methoxy groups -OCH3 is 1. The van der Waals surface area contributed by atoms with Gasteiger partial charge in [0.15, 0.2) is 5.11 Å². The molecule has 0 heterocycles. The average molecular weight is 344 g/mol. The molecule has 0 amide bonds. The Morgan fingerprint density at radius 2 is 2.00 bits per heavy atom. The van der Waals surface area contributed by atoms with Crippen molar-refractivity contribution in [1.82, 2.24) is 5.43 Å². The van der Waals surface area contributed by atoms with Gasteiger partial charge >= 0.3 is 0 Å². The van der Waals surface area contributed by atoms with Crippen LogP contribution in [0, 0.1) is 10.1 Å². The van der Waals surface area contributed by atoms with Gasteiger partial charge in [0, 0.05) is 17.7 Å². The Morgan fingerprint density at radius 3 is 2.71 bits per heavy atom. The minimum Gasteiger partial charge on any atom is -0.495 e. The van der Waals surface area contributed by atoms with Crippen LogP contribution < -0.4 is 15.5 Å². The smallest absolute Gasteiger partial charge is 0.270 e. The highest BCUT2D eigenvalue weighted by molar-refractivity contribution is 7.80. The molecule has 2 rings (SSSR count). The molecule has 0 unspecified atom stereocenters. The summed E-state index contributed by atoms with van der Waals surface area (Å²) < 4.78 is 5.23. The molecule has 7 nitrogen and oxygen atoms in total. The van der Waals surface area contributed by atoms with Crippen LogP contribution in [0.2, 0.25) is 0 Å². The fraction of sp³-hybridized carbons (Fsp3) is 0.125. The zero-order valence-electron chi connectivity index (χ0n) is 13.1. The third-order valence-electron chi connectivity index (χ3n) is 3.16. The van der Waals surface area contributed by atoms with Gasteiger partial charge in [0.05, 0.1) is 23.4 Å². The molecule has 0 atom stereocenters. The van der Waals surface area contributed by atoms with Crippen LogP contribution >= 0.6 is 12.2 Å². The Labute approximate surface area is 144 Å². The van der Waals surface area contributed by atoms with Crippen molar-refractivity contribution in [1.29, 1.82) is 0 Å². The molecule has 0 aliphatic rings. The predicted octanol–water partition coefficient (Wildman–Crippen LogP) is 3.31. The number of thiocarbonyl (C=S) groups is 1. The molecular weight excluding hydrogens is 328 g/mol. The fourth-order valence-corrected chi connectivity index (χ4v) is 2.10.